The van der Waals surface area contributed by atoms with E-state index < -0.39 is 5.60 Å². The summed E-state index contributed by atoms with van der Waals surface area (Å²) in [6.45, 7) is 6.58. The molecule has 0 aromatic rings. The third-order valence-corrected chi connectivity index (χ3v) is 1.32. The van der Waals surface area contributed by atoms with Gasteiger partial charge in [0.1, 0.15) is 0 Å². The van der Waals surface area contributed by atoms with Crippen LogP contribution < -0.4 is 0 Å². The van der Waals surface area contributed by atoms with Crippen molar-refractivity contribution in [2.24, 2.45) is 0 Å². The summed E-state index contributed by atoms with van der Waals surface area (Å²) in [7, 11) is 0. The summed E-state index contributed by atoms with van der Waals surface area (Å²) in [5.74, 6) is -0.00939. The van der Waals surface area contributed by atoms with Gasteiger partial charge >= 0.3 is 0 Å². The monoisotopic (exact) mass is 154 g/mol. The zero-order chi connectivity index (χ0) is 8.91. The van der Waals surface area contributed by atoms with Crippen LogP contribution in [0, 0.1) is 0 Å². The molecular weight excluding hydrogens is 140 g/mol. The Labute approximate surface area is 67.2 Å². The zero-order valence-electron chi connectivity index (χ0n) is 7.00. The highest BCUT2D eigenvalue weighted by atomic mass is 16.3. The van der Waals surface area contributed by atoms with Crippen molar-refractivity contribution in [1.82, 2.24) is 0 Å². The summed E-state index contributed by atoms with van der Waals surface area (Å²) >= 11 is 0. The van der Waals surface area contributed by atoms with Crippen molar-refractivity contribution in [3.8, 4) is 0 Å². The van der Waals surface area contributed by atoms with Crippen LogP contribution in [0.1, 0.15) is 20.3 Å². The Morgan fingerprint density at radius 3 is 2.64 bits per heavy atom. The predicted octanol–water partition coefficient (Wildman–Crippen LogP) is 1.46. The molecule has 0 radical (unpaired) electrons. The van der Waals surface area contributed by atoms with E-state index in [2.05, 4.69) is 6.58 Å². The van der Waals surface area contributed by atoms with Crippen molar-refractivity contribution in [3.05, 3.63) is 24.8 Å². The molecule has 0 rings (SSSR count). The van der Waals surface area contributed by atoms with Gasteiger partial charge in [-0.3, -0.25) is 4.79 Å². The number of carbonyl (C=O) groups is 1. The second-order valence-corrected chi connectivity index (χ2v) is 2.78. The molecule has 0 amide bonds. The molecule has 0 aromatic carbocycles. The number of hydrogen-bond acceptors (Lipinski definition) is 2. The molecule has 0 bridgehead atoms. The summed E-state index contributed by atoms with van der Waals surface area (Å²) < 4.78 is 0. The number of rotatable bonds is 4. The molecule has 11 heavy (non-hydrogen) atoms. The Balaban J connectivity index is 3.87. The maximum Gasteiger partial charge on any atom is 0.152 e. The van der Waals surface area contributed by atoms with Gasteiger partial charge < -0.3 is 5.11 Å². The van der Waals surface area contributed by atoms with Gasteiger partial charge in [0.2, 0.25) is 0 Å². The van der Waals surface area contributed by atoms with E-state index >= 15 is 0 Å². The molecule has 0 saturated carbocycles. The van der Waals surface area contributed by atoms with Gasteiger partial charge in [0.25, 0.3) is 0 Å². The minimum Gasteiger partial charge on any atom is -0.386 e. The Kier molecular flexibility index (Phi) is 3.76. The van der Waals surface area contributed by atoms with Gasteiger partial charge in [-0.25, -0.2) is 0 Å². The van der Waals surface area contributed by atoms with Crippen LogP contribution in [0.2, 0.25) is 0 Å². The molecule has 62 valence electrons. The topological polar surface area (TPSA) is 37.3 Å². The highest BCUT2D eigenvalue weighted by molar-refractivity contribution is 5.87. The minimum absolute atomic E-state index is 0.00939. The fourth-order valence-corrected chi connectivity index (χ4v) is 0.547. The molecule has 0 unspecified atom stereocenters. The van der Waals surface area contributed by atoms with Crippen LogP contribution in [0.5, 0.6) is 0 Å². The summed E-state index contributed by atoms with van der Waals surface area (Å²) in [4.78, 5) is 10.4. The van der Waals surface area contributed by atoms with Crippen LogP contribution in [0.25, 0.3) is 0 Å². The number of hydrogen-bond donors (Lipinski definition) is 1. The molecule has 1 atom stereocenters. The van der Waals surface area contributed by atoms with Gasteiger partial charge in [0.05, 0.1) is 5.60 Å². The molecule has 0 aliphatic heterocycles. The van der Waals surface area contributed by atoms with Crippen LogP contribution >= 0.6 is 0 Å². The zero-order valence-corrected chi connectivity index (χ0v) is 7.00. The quantitative estimate of drug-likeness (QED) is 0.491. The molecule has 0 heterocycles. The van der Waals surface area contributed by atoms with E-state index in [1.54, 1.807) is 13.0 Å². The molecule has 0 aliphatic rings. The van der Waals surface area contributed by atoms with Crippen LogP contribution in [-0.4, -0.2) is 16.5 Å². The Morgan fingerprint density at radius 2 is 2.27 bits per heavy atom. The van der Waals surface area contributed by atoms with Crippen molar-refractivity contribution >= 4 is 5.78 Å². The largest absolute Gasteiger partial charge is 0.386 e. The Hall–Kier alpha value is -0.890. The van der Waals surface area contributed by atoms with Crippen molar-refractivity contribution in [3.63, 3.8) is 0 Å². The Bertz CT molecular complexity index is 178. The van der Waals surface area contributed by atoms with Crippen molar-refractivity contribution in [2.75, 3.05) is 0 Å². The third-order valence-electron chi connectivity index (χ3n) is 1.32. The van der Waals surface area contributed by atoms with Crippen LogP contribution in [0.15, 0.2) is 24.8 Å². The van der Waals surface area contributed by atoms with Gasteiger partial charge in [0.15, 0.2) is 5.78 Å². The second kappa shape index (κ2) is 4.09. The summed E-state index contributed by atoms with van der Waals surface area (Å²) in [6.07, 6.45) is 4.97. The van der Waals surface area contributed by atoms with Crippen molar-refractivity contribution in [1.29, 1.82) is 0 Å². The lowest BCUT2D eigenvalue weighted by Gasteiger charge is -2.14. The van der Waals surface area contributed by atoms with Gasteiger partial charge in [-0.15, -0.1) is 6.58 Å². The summed E-state index contributed by atoms with van der Waals surface area (Å²) in [5, 5.41) is 9.36. The molecule has 0 aliphatic carbocycles. The maximum absolute atomic E-state index is 10.4. The molecular formula is C9H14O2. The maximum atomic E-state index is 10.4. The number of aliphatic hydroxyl groups is 1. The average molecular weight is 154 g/mol. The highest BCUT2D eigenvalue weighted by Crippen LogP contribution is 2.10. The summed E-state index contributed by atoms with van der Waals surface area (Å²) in [5.41, 5.74) is -0.897. The molecule has 1 N–H and O–H groups in total. The van der Waals surface area contributed by atoms with Gasteiger partial charge in [-0.2, -0.15) is 0 Å². The Morgan fingerprint density at radius 1 is 1.73 bits per heavy atom. The van der Waals surface area contributed by atoms with E-state index in [1.807, 2.05) is 0 Å². The van der Waals surface area contributed by atoms with Crippen LogP contribution in [0.3, 0.4) is 0 Å². The number of allylic oxidation sites excluding steroid dienone is 1. The lowest BCUT2D eigenvalue weighted by atomic mass is 10.0. The normalized spacial score (nSPS) is 16.3. The number of ketones is 1. The smallest absolute Gasteiger partial charge is 0.152 e. The highest BCUT2D eigenvalue weighted by Gasteiger charge is 2.11. The van der Waals surface area contributed by atoms with Crippen LogP contribution in [0.4, 0.5) is 0 Å². The fraction of sp³-hybridized carbons (Fsp3) is 0.444. The van der Waals surface area contributed by atoms with E-state index in [0.717, 1.165) is 0 Å². The second-order valence-electron chi connectivity index (χ2n) is 2.78. The first kappa shape index (κ1) is 10.1. The fourth-order valence-electron chi connectivity index (χ4n) is 0.547. The molecule has 0 aromatic heterocycles. The third kappa shape index (κ3) is 5.55. The molecule has 0 fully saturated rings. The van der Waals surface area contributed by atoms with Gasteiger partial charge in [-0.05, 0) is 26.3 Å². The van der Waals surface area contributed by atoms with Crippen molar-refractivity contribution < 1.29 is 9.90 Å². The van der Waals surface area contributed by atoms with Gasteiger partial charge in [0, 0.05) is 0 Å². The molecule has 0 spiro atoms. The lowest BCUT2D eigenvalue weighted by Crippen LogP contribution is -2.18. The van der Waals surface area contributed by atoms with E-state index in [0.29, 0.717) is 6.42 Å². The first-order chi connectivity index (χ1) is 4.98. The standard InChI is InChI=1S/C9H14O2/c1-4-9(3,11)7-5-6-8(2)10/h4-6,11H,1,7H2,2-3H3/b6-5+/t9-/m0/s1. The predicted molar refractivity (Wildman–Crippen MR) is 45.3 cm³/mol. The van der Waals surface area contributed by atoms with Gasteiger partial charge in [-0.1, -0.05) is 12.2 Å². The molecule has 0 saturated heterocycles. The first-order valence-electron chi connectivity index (χ1n) is 3.51. The number of carbonyl (C=O) groups excluding carboxylic acids is 1. The molecule has 2 heteroatoms. The average Bonchev–Trinajstić information content (AvgIpc) is 1.87. The first-order valence-corrected chi connectivity index (χ1v) is 3.51. The SMILES string of the molecule is C=C[C@](C)(O)C/C=C/C(C)=O. The minimum atomic E-state index is -0.897. The molecule has 2 nitrogen and oxygen atoms in total. The van der Waals surface area contributed by atoms with Crippen molar-refractivity contribution in [2.45, 2.75) is 25.9 Å². The van der Waals surface area contributed by atoms with E-state index in [4.69, 9.17) is 0 Å². The van der Waals surface area contributed by atoms with E-state index in [9.17, 15) is 9.90 Å². The van der Waals surface area contributed by atoms with E-state index in [1.165, 1.54) is 19.1 Å². The van der Waals surface area contributed by atoms with E-state index in [-0.39, 0.29) is 5.78 Å². The summed E-state index contributed by atoms with van der Waals surface area (Å²) in [6, 6.07) is 0. The lowest BCUT2D eigenvalue weighted by molar-refractivity contribution is -0.112. The van der Waals surface area contributed by atoms with Crippen LogP contribution in [-0.2, 0) is 4.79 Å².